The third kappa shape index (κ3) is 3.47. The second kappa shape index (κ2) is 6.80. The van der Waals surface area contributed by atoms with E-state index in [1.54, 1.807) is 16.4 Å². The number of sulfonamides is 1. The van der Waals surface area contributed by atoms with Gasteiger partial charge in [0.25, 0.3) is 0 Å². The molecule has 4 saturated carbocycles. The number of hydrogen-bond donors (Lipinski definition) is 0. The molecule has 5 aliphatic rings. The van der Waals surface area contributed by atoms with Gasteiger partial charge in [-0.25, -0.2) is 8.42 Å². The maximum Gasteiger partial charge on any atom is 0.243 e. The monoisotopic (exact) mass is 416 g/mol. The van der Waals surface area contributed by atoms with Gasteiger partial charge in [0.2, 0.25) is 10.0 Å². The van der Waals surface area contributed by atoms with Crippen LogP contribution in [-0.2, 0) is 15.4 Å². The third-order valence-electron chi connectivity index (χ3n) is 8.27. The molecule has 0 amide bonds. The Morgan fingerprint density at radius 3 is 1.76 bits per heavy atom. The van der Waals surface area contributed by atoms with Crippen LogP contribution in [-0.4, -0.2) is 49.3 Å². The molecule has 5 fully saturated rings. The molecule has 160 valence electrons. The van der Waals surface area contributed by atoms with E-state index in [2.05, 4.69) is 25.7 Å². The molecule has 0 radical (unpaired) electrons. The molecule has 1 saturated heterocycles. The third-order valence-corrected chi connectivity index (χ3v) is 10.2. The van der Waals surface area contributed by atoms with Crippen molar-refractivity contribution in [2.75, 3.05) is 26.2 Å². The molecule has 0 aromatic heterocycles. The van der Waals surface area contributed by atoms with Crippen LogP contribution in [0.25, 0.3) is 0 Å². The summed E-state index contributed by atoms with van der Waals surface area (Å²) in [4.78, 5) is 3.13. The van der Waals surface area contributed by atoms with Crippen LogP contribution >= 0.6 is 0 Å². The molecule has 1 aliphatic heterocycles. The summed E-state index contributed by atoms with van der Waals surface area (Å²) in [5.74, 6) is 2.80. The van der Waals surface area contributed by atoms with Crippen LogP contribution in [0.1, 0.15) is 64.9 Å². The number of rotatable bonds is 3. The smallest absolute Gasteiger partial charge is 0.243 e. The topological polar surface area (TPSA) is 40.6 Å². The lowest BCUT2D eigenvalue weighted by atomic mass is 9.52. The molecular formula is C24H36N2O2S. The maximum absolute atomic E-state index is 13.2. The van der Waals surface area contributed by atoms with E-state index in [1.165, 1.54) is 44.1 Å². The molecule has 0 N–H and O–H groups in total. The van der Waals surface area contributed by atoms with Crippen LogP contribution in [0, 0.1) is 17.8 Å². The summed E-state index contributed by atoms with van der Waals surface area (Å²) in [5, 5.41) is 0. The molecule has 0 atom stereocenters. The molecule has 4 nitrogen and oxygen atoms in total. The Hall–Kier alpha value is -0.910. The fourth-order valence-corrected chi connectivity index (χ4v) is 8.55. The summed E-state index contributed by atoms with van der Waals surface area (Å²) in [6.07, 6.45) is 8.45. The molecule has 4 bridgehead atoms. The van der Waals surface area contributed by atoms with Crippen LogP contribution in [0.15, 0.2) is 29.2 Å². The SMILES string of the molecule is CC(C)(C)c1ccc(S(=O)(=O)N2CCN(C34CC5CC(CC(C5)C3)C4)CC2)cc1. The fourth-order valence-electron chi connectivity index (χ4n) is 7.13. The van der Waals surface area contributed by atoms with Crippen LogP contribution < -0.4 is 0 Å². The maximum atomic E-state index is 13.2. The van der Waals surface area contributed by atoms with Gasteiger partial charge < -0.3 is 0 Å². The first kappa shape index (κ1) is 20.0. The van der Waals surface area contributed by atoms with Crippen molar-refractivity contribution in [3.05, 3.63) is 29.8 Å². The summed E-state index contributed by atoms with van der Waals surface area (Å²) in [6, 6.07) is 7.53. The highest BCUT2D eigenvalue weighted by molar-refractivity contribution is 7.89. The molecule has 1 aromatic rings. The van der Waals surface area contributed by atoms with E-state index in [9.17, 15) is 8.42 Å². The molecule has 0 spiro atoms. The lowest BCUT2D eigenvalue weighted by Gasteiger charge is -2.61. The minimum Gasteiger partial charge on any atom is -0.295 e. The first-order valence-electron chi connectivity index (χ1n) is 11.5. The van der Waals surface area contributed by atoms with E-state index in [0.717, 1.165) is 30.8 Å². The van der Waals surface area contributed by atoms with Crippen LogP contribution in [0.2, 0.25) is 0 Å². The van der Waals surface area contributed by atoms with Gasteiger partial charge in [0.15, 0.2) is 0 Å². The highest BCUT2D eigenvalue weighted by atomic mass is 32.2. The minimum absolute atomic E-state index is 0.0335. The Labute approximate surface area is 176 Å². The number of piperazine rings is 1. The zero-order valence-electron chi connectivity index (χ0n) is 18.2. The van der Waals surface area contributed by atoms with Crippen molar-refractivity contribution in [2.45, 2.75) is 75.1 Å². The fraction of sp³-hybridized carbons (Fsp3) is 0.750. The Kier molecular flexibility index (Phi) is 4.69. The number of hydrogen-bond acceptors (Lipinski definition) is 3. The van der Waals surface area contributed by atoms with Gasteiger partial charge >= 0.3 is 0 Å². The second-order valence-corrected chi connectivity index (χ2v) is 13.2. The lowest BCUT2D eigenvalue weighted by Crippen LogP contribution is -2.64. The van der Waals surface area contributed by atoms with Gasteiger partial charge in [-0.3, -0.25) is 4.90 Å². The summed E-state index contributed by atoms with van der Waals surface area (Å²) in [5.41, 5.74) is 1.59. The van der Waals surface area contributed by atoms with Gasteiger partial charge in [-0.1, -0.05) is 32.9 Å². The number of benzene rings is 1. The highest BCUT2D eigenvalue weighted by Crippen LogP contribution is 2.57. The largest absolute Gasteiger partial charge is 0.295 e. The summed E-state index contributed by atoms with van der Waals surface area (Å²) >= 11 is 0. The first-order valence-corrected chi connectivity index (χ1v) is 13.0. The van der Waals surface area contributed by atoms with Crippen molar-refractivity contribution in [3.8, 4) is 0 Å². The Morgan fingerprint density at radius 2 is 1.31 bits per heavy atom. The van der Waals surface area contributed by atoms with E-state index >= 15 is 0 Å². The van der Waals surface area contributed by atoms with Crippen molar-refractivity contribution in [2.24, 2.45) is 17.8 Å². The highest BCUT2D eigenvalue weighted by Gasteiger charge is 2.53. The molecule has 1 heterocycles. The molecule has 0 unspecified atom stereocenters. The van der Waals surface area contributed by atoms with Gasteiger partial charge in [-0.15, -0.1) is 0 Å². The Morgan fingerprint density at radius 1 is 0.828 bits per heavy atom. The van der Waals surface area contributed by atoms with Gasteiger partial charge in [0, 0.05) is 31.7 Å². The van der Waals surface area contributed by atoms with Crippen LogP contribution in [0.4, 0.5) is 0 Å². The van der Waals surface area contributed by atoms with Crippen LogP contribution in [0.5, 0.6) is 0 Å². The summed E-state index contributed by atoms with van der Waals surface area (Å²) in [6.45, 7) is 9.51. The normalized spacial score (nSPS) is 35.9. The van der Waals surface area contributed by atoms with Gasteiger partial charge in [0.05, 0.1) is 4.90 Å². The van der Waals surface area contributed by atoms with E-state index in [4.69, 9.17) is 0 Å². The first-order chi connectivity index (χ1) is 13.7. The van der Waals surface area contributed by atoms with Crippen molar-refractivity contribution >= 4 is 10.0 Å². The van der Waals surface area contributed by atoms with E-state index in [-0.39, 0.29) is 5.41 Å². The standard InChI is InChI=1S/C24H36N2O2S/c1-23(2,3)21-4-6-22(7-5-21)29(27,28)26-10-8-25(9-11-26)24-15-18-12-19(16-24)14-20(13-18)17-24/h4-7,18-20H,8-17H2,1-3H3. The van der Waals surface area contributed by atoms with Crippen molar-refractivity contribution in [1.82, 2.24) is 9.21 Å². The molecule has 5 heteroatoms. The minimum atomic E-state index is -3.40. The Bertz CT molecular complexity index is 826. The zero-order chi connectivity index (χ0) is 20.4. The van der Waals surface area contributed by atoms with Gasteiger partial charge in [-0.05, 0) is 79.4 Å². The molecule has 29 heavy (non-hydrogen) atoms. The van der Waals surface area contributed by atoms with Crippen molar-refractivity contribution < 1.29 is 8.42 Å². The predicted molar refractivity (Wildman–Crippen MR) is 116 cm³/mol. The van der Waals surface area contributed by atoms with E-state index in [0.29, 0.717) is 23.5 Å². The van der Waals surface area contributed by atoms with Crippen LogP contribution in [0.3, 0.4) is 0 Å². The van der Waals surface area contributed by atoms with Gasteiger partial charge in [0.1, 0.15) is 0 Å². The Balaban J connectivity index is 1.28. The summed E-state index contributed by atoms with van der Waals surface area (Å²) < 4.78 is 28.1. The average molecular weight is 417 g/mol. The molecule has 4 aliphatic carbocycles. The summed E-state index contributed by atoms with van der Waals surface area (Å²) in [7, 11) is -3.40. The average Bonchev–Trinajstić information content (AvgIpc) is 2.66. The zero-order valence-corrected chi connectivity index (χ0v) is 19.0. The van der Waals surface area contributed by atoms with Crippen molar-refractivity contribution in [3.63, 3.8) is 0 Å². The van der Waals surface area contributed by atoms with E-state index < -0.39 is 10.0 Å². The molecular weight excluding hydrogens is 380 g/mol. The molecule has 6 rings (SSSR count). The van der Waals surface area contributed by atoms with E-state index in [1.807, 2.05) is 12.1 Å². The quantitative estimate of drug-likeness (QED) is 0.739. The van der Waals surface area contributed by atoms with Gasteiger partial charge in [-0.2, -0.15) is 4.31 Å². The molecule has 1 aromatic carbocycles. The van der Waals surface area contributed by atoms with Crippen molar-refractivity contribution in [1.29, 1.82) is 0 Å². The second-order valence-electron chi connectivity index (χ2n) is 11.3. The lowest BCUT2D eigenvalue weighted by molar-refractivity contribution is -0.0964. The predicted octanol–water partition coefficient (Wildman–Crippen LogP) is 4.26. The number of nitrogens with zero attached hydrogens (tertiary/aromatic N) is 2.